The van der Waals surface area contributed by atoms with Crippen molar-refractivity contribution in [1.82, 2.24) is 0 Å². The zero-order chi connectivity index (χ0) is 16.5. The number of hydrogen-bond donors (Lipinski definition) is 2. The van der Waals surface area contributed by atoms with Crippen LogP contribution in [0.5, 0.6) is 0 Å². The normalized spacial score (nSPS) is 12.3. The second-order valence-corrected chi connectivity index (χ2v) is 6.13. The van der Waals surface area contributed by atoms with Crippen LogP contribution in [0, 0.1) is 0 Å². The molecule has 4 heteroatoms. The van der Waals surface area contributed by atoms with Crippen molar-refractivity contribution in [2.45, 2.75) is 96.5 Å². The van der Waals surface area contributed by atoms with Gasteiger partial charge in [-0.2, -0.15) is 0 Å². The monoisotopic (exact) mass is 316 g/mol. The first-order chi connectivity index (χ1) is 10.7. The second-order valence-electron chi connectivity index (χ2n) is 6.13. The lowest BCUT2D eigenvalue weighted by molar-refractivity contribution is -0.143. The molecule has 132 valence electrons. The zero-order valence-corrected chi connectivity index (χ0v) is 14.4. The van der Waals surface area contributed by atoms with Gasteiger partial charge in [-0.1, -0.05) is 64.7 Å². The van der Waals surface area contributed by atoms with Crippen LogP contribution in [-0.2, 0) is 9.53 Å². The van der Waals surface area contributed by atoms with E-state index >= 15 is 0 Å². The number of hydrogen-bond acceptors (Lipinski definition) is 4. The van der Waals surface area contributed by atoms with Gasteiger partial charge < -0.3 is 14.9 Å². The van der Waals surface area contributed by atoms with Crippen LogP contribution in [0.3, 0.4) is 0 Å². The predicted molar refractivity (Wildman–Crippen MR) is 89.7 cm³/mol. The van der Waals surface area contributed by atoms with Crippen molar-refractivity contribution in [3.63, 3.8) is 0 Å². The van der Waals surface area contributed by atoms with Crippen LogP contribution in [0.25, 0.3) is 0 Å². The molecule has 0 amide bonds. The highest BCUT2D eigenvalue weighted by atomic mass is 16.5. The van der Waals surface area contributed by atoms with Gasteiger partial charge in [0, 0.05) is 6.42 Å². The maximum atomic E-state index is 11.5. The average molecular weight is 316 g/mol. The molecule has 4 nitrogen and oxygen atoms in total. The minimum absolute atomic E-state index is 0.0468. The molecular formula is C18H36O4. The minimum Gasteiger partial charge on any atom is -0.466 e. The Morgan fingerprint density at radius 1 is 0.909 bits per heavy atom. The Kier molecular flexibility index (Phi) is 16.3. The van der Waals surface area contributed by atoms with Gasteiger partial charge in [0.25, 0.3) is 0 Å². The molecule has 0 bridgehead atoms. The van der Waals surface area contributed by atoms with E-state index in [0.29, 0.717) is 19.4 Å². The summed E-state index contributed by atoms with van der Waals surface area (Å²) in [5.41, 5.74) is 0. The lowest BCUT2D eigenvalue weighted by Crippen LogP contribution is -2.10. The molecule has 0 spiro atoms. The SMILES string of the molecule is CCCCCCCC(=O)OCCCCCCCCC(O)CO. The van der Waals surface area contributed by atoms with Crippen LogP contribution in [0.15, 0.2) is 0 Å². The Morgan fingerprint density at radius 3 is 2.18 bits per heavy atom. The third-order valence-corrected chi connectivity index (χ3v) is 3.89. The fourth-order valence-electron chi connectivity index (χ4n) is 2.41. The van der Waals surface area contributed by atoms with Crippen LogP contribution in [0.1, 0.15) is 90.4 Å². The van der Waals surface area contributed by atoms with Gasteiger partial charge in [0.1, 0.15) is 0 Å². The van der Waals surface area contributed by atoms with E-state index in [1.54, 1.807) is 0 Å². The molecule has 0 aliphatic carbocycles. The Balaban J connectivity index is 3.17. The van der Waals surface area contributed by atoms with Gasteiger partial charge in [-0.15, -0.1) is 0 Å². The molecule has 2 N–H and O–H groups in total. The highest BCUT2D eigenvalue weighted by molar-refractivity contribution is 5.69. The summed E-state index contributed by atoms with van der Waals surface area (Å²) in [6.45, 7) is 2.60. The summed E-state index contributed by atoms with van der Waals surface area (Å²) >= 11 is 0. The fraction of sp³-hybridized carbons (Fsp3) is 0.944. The number of unbranched alkanes of at least 4 members (excludes halogenated alkanes) is 9. The molecular weight excluding hydrogens is 280 g/mol. The van der Waals surface area contributed by atoms with Gasteiger partial charge in [-0.25, -0.2) is 0 Å². The molecule has 0 aliphatic heterocycles. The third kappa shape index (κ3) is 15.8. The van der Waals surface area contributed by atoms with Gasteiger partial charge in [0.05, 0.1) is 19.3 Å². The predicted octanol–water partition coefficient (Wildman–Crippen LogP) is 3.97. The molecule has 1 atom stereocenters. The van der Waals surface area contributed by atoms with E-state index in [1.165, 1.54) is 19.3 Å². The zero-order valence-electron chi connectivity index (χ0n) is 14.4. The maximum absolute atomic E-state index is 11.5. The molecule has 0 aliphatic rings. The summed E-state index contributed by atoms with van der Waals surface area (Å²) in [6.07, 6.45) is 12.9. The fourth-order valence-corrected chi connectivity index (χ4v) is 2.41. The van der Waals surface area contributed by atoms with E-state index in [0.717, 1.165) is 51.4 Å². The van der Waals surface area contributed by atoms with E-state index in [-0.39, 0.29) is 12.6 Å². The van der Waals surface area contributed by atoms with Crippen molar-refractivity contribution in [1.29, 1.82) is 0 Å². The molecule has 0 fully saturated rings. The van der Waals surface area contributed by atoms with Crippen LogP contribution < -0.4 is 0 Å². The van der Waals surface area contributed by atoms with E-state index in [2.05, 4.69) is 6.92 Å². The number of esters is 1. The smallest absolute Gasteiger partial charge is 0.305 e. The summed E-state index contributed by atoms with van der Waals surface area (Å²) in [7, 11) is 0. The number of rotatable bonds is 16. The van der Waals surface area contributed by atoms with Crippen molar-refractivity contribution in [2.75, 3.05) is 13.2 Å². The van der Waals surface area contributed by atoms with E-state index in [4.69, 9.17) is 9.84 Å². The molecule has 0 aromatic carbocycles. The second kappa shape index (κ2) is 16.8. The van der Waals surface area contributed by atoms with Gasteiger partial charge in [-0.3, -0.25) is 4.79 Å². The number of aliphatic hydroxyl groups is 2. The van der Waals surface area contributed by atoms with Gasteiger partial charge in [0.2, 0.25) is 0 Å². The summed E-state index contributed by atoms with van der Waals surface area (Å²) < 4.78 is 5.22. The summed E-state index contributed by atoms with van der Waals surface area (Å²) in [4.78, 5) is 11.5. The van der Waals surface area contributed by atoms with Gasteiger partial charge in [-0.05, 0) is 19.3 Å². The number of carbonyl (C=O) groups is 1. The first kappa shape index (κ1) is 21.4. The molecule has 22 heavy (non-hydrogen) atoms. The highest BCUT2D eigenvalue weighted by Gasteiger charge is 2.03. The molecule has 0 rings (SSSR count). The Morgan fingerprint density at radius 2 is 1.50 bits per heavy atom. The molecule has 0 radical (unpaired) electrons. The number of aliphatic hydroxyl groups excluding tert-OH is 2. The van der Waals surface area contributed by atoms with Crippen molar-refractivity contribution in [3.8, 4) is 0 Å². The van der Waals surface area contributed by atoms with Crippen LogP contribution in [0.4, 0.5) is 0 Å². The lowest BCUT2D eigenvalue weighted by Gasteiger charge is -2.07. The Bertz CT molecular complexity index is 243. The molecule has 0 heterocycles. The number of carbonyl (C=O) groups excluding carboxylic acids is 1. The van der Waals surface area contributed by atoms with E-state index in [1.807, 2.05) is 0 Å². The van der Waals surface area contributed by atoms with Crippen LogP contribution >= 0.6 is 0 Å². The maximum Gasteiger partial charge on any atom is 0.305 e. The van der Waals surface area contributed by atoms with E-state index in [9.17, 15) is 9.90 Å². The van der Waals surface area contributed by atoms with Gasteiger partial charge in [0.15, 0.2) is 0 Å². The first-order valence-corrected chi connectivity index (χ1v) is 9.15. The minimum atomic E-state index is -0.554. The molecule has 0 aromatic rings. The molecule has 0 saturated heterocycles. The summed E-state index contributed by atoms with van der Waals surface area (Å²) in [5, 5.41) is 17.9. The molecule has 1 unspecified atom stereocenters. The lowest BCUT2D eigenvalue weighted by atomic mass is 10.1. The Labute approximate surface area is 136 Å². The van der Waals surface area contributed by atoms with Crippen LogP contribution in [0.2, 0.25) is 0 Å². The largest absolute Gasteiger partial charge is 0.466 e. The number of ether oxygens (including phenoxy) is 1. The first-order valence-electron chi connectivity index (χ1n) is 9.15. The van der Waals surface area contributed by atoms with Crippen molar-refractivity contribution in [2.24, 2.45) is 0 Å². The van der Waals surface area contributed by atoms with E-state index < -0.39 is 6.10 Å². The van der Waals surface area contributed by atoms with Gasteiger partial charge >= 0.3 is 5.97 Å². The van der Waals surface area contributed by atoms with Crippen molar-refractivity contribution >= 4 is 5.97 Å². The summed E-state index contributed by atoms with van der Waals surface area (Å²) in [5.74, 6) is -0.0468. The third-order valence-electron chi connectivity index (χ3n) is 3.89. The topological polar surface area (TPSA) is 66.8 Å². The standard InChI is InChI=1S/C18H36O4/c1-2-3-4-7-11-14-18(21)22-15-12-9-6-5-8-10-13-17(20)16-19/h17,19-20H,2-16H2,1H3. The summed E-state index contributed by atoms with van der Waals surface area (Å²) in [6, 6.07) is 0. The van der Waals surface area contributed by atoms with Crippen molar-refractivity contribution in [3.05, 3.63) is 0 Å². The van der Waals surface area contributed by atoms with Crippen LogP contribution in [-0.4, -0.2) is 35.5 Å². The average Bonchev–Trinajstić information content (AvgIpc) is 2.52. The molecule has 0 saturated carbocycles. The Hall–Kier alpha value is -0.610. The molecule has 0 aromatic heterocycles. The highest BCUT2D eigenvalue weighted by Crippen LogP contribution is 2.09. The van der Waals surface area contributed by atoms with Crippen molar-refractivity contribution < 1.29 is 19.7 Å². The quantitative estimate of drug-likeness (QED) is 0.334.